The van der Waals surface area contributed by atoms with Crippen LogP contribution in [0.2, 0.25) is 0 Å². The van der Waals surface area contributed by atoms with Crippen molar-refractivity contribution in [2.24, 2.45) is 14.1 Å². The molecule has 0 N–H and O–H groups in total. The summed E-state index contributed by atoms with van der Waals surface area (Å²) in [7, 11) is 3.51. The van der Waals surface area contributed by atoms with Crippen LogP contribution in [-0.2, 0) is 14.1 Å². The molecular formula is C27H18FN7O. The van der Waals surface area contributed by atoms with E-state index in [0.717, 1.165) is 33.8 Å². The molecule has 0 amide bonds. The lowest BCUT2D eigenvalue weighted by atomic mass is 10.0. The molecule has 0 bridgehead atoms. The molecule has 6 aromatic rings. The maximum atomic E-state index is 13.8. The van der Waals surface area contributed by atoms with Crippen molar-refractivity contribution in [3.8, 4) is 34.1 Å². The molecule has 0 aliphatic carbocycles. The molecule has 4 aromatic heterocycles. The van der Waals surface area contributed by atoms with Crippen molar-refractivity contribution in [2.45, 2.75) is 0 Å². The van der Waals surface area contributed by atoms with Gasteiger partial charge in [-0.25, -0.2) is 9.18 Å². The SMILES string of the molecule is Cn1cc(-c2ccc(-c3ccc4ncc5c(c4c3)n(-c3ccc(F)cc3C#N)c(=O)n5C)cn2)cn1. The molecule has 4 heterocycles. The zero-order valence-corrected chi connectivity index (χ0v) is 19.3. The minimum Gasteiger partial charge on any atom is -0.293 e. The highest BCUT2D eigenvalue weighted by Gasteiger charge is 2.19. The van der Waals surface area contributed by atoms with Crippen molar-refractivity contribution in [3.63, 3.8) is 0 Å². The highest BCUT2D eigenvalue weighted by atomic mass is 19.1. The van der Waals surface area contributed by atoms with Crippen LogP contribution >= 0.6 is 0 Å². The zero-order valence-electron chi connectivity index (χ0n) is 19.3. The molecule has 174 valence electrons. The lowest BCUT2D eigenvalue weighted by molar-refractivity contribution is 0.626. The molecule has 6 rings (SSSR count). The van der Waals surface area contributed by atoms with Gasteiger partial charge in [-0.1, -0.05) is 12.1 Å². The maximum Gasteiger partial charge on any atom is 0.333 e. The van der Waals surface area contributed by atoms with E-state index in [2.05, 4.69) is 15.1 Å². The zero-order chi connectivity index (χ0) is 25.0. The van der Waals surface area contributed by atoms with Crippen LogP contribution in [0.5, 0.6) is 0 Å². The van der Waals surface area contributed by atoms with Crippen LogP contribution in [0.25, 0.3) is 50.0 Å². The van der Waals surface area contributed by atoms with Gasteiger partial charge in [0.05, 0.1) is 45.9 Å². The molecular weight excluding hydrogens is 457 g/mol. The molecule has 0 unspecified atom stereocenters. The first-order chi connectivity index (χ1) is 17.4. The number of halogens is 1. The van der Waals surface area contributed by atoms with Crippen LogP contribution in [0.1, 0.15) is 5.56 Å². The fraction of sp³-hybridized carbons (Fsp3) is 0.0741. The highest BCUT2D eigenvalue weighted by Crippen LogP contribution is 2.31. The number of aryl methyl sites for hydroxylation is 2. The molecule has 0 saturated heterocycles. The first-order valence-corrected chi connectivity index (χ1v) is 11.1. The Morgan fingerprint density at radius 1 is 0.917 bits per heavy atom. The third-order valence-corrected chi connectivity index (χ3v) is 6.30. The first kappa shape index (κ1) is 21.4. The topological polar surface area (TPSA) is 94.3 Å². The Balaban J connectivity index is 1.57. The number of rotatable bonds is 3. The average molecular weight is 475 g/mol. The van der Waals surface area contributed by atoms with Gasteiger partial charge in [0.1, 0.15) is 11.9 Å². The molecule has 9 heteroatoms. The van der Waals surface area contributed by atoms with E-state index in [4.69, 9.17) is 0 Å². The second kappa shape index (κ2) is 7.99. The molecule has 0 atom stereocenters. The van der Waals surface area contributed by atoms with Crippen LogP contribution in [0.15, 0.2) is 78.1 Å². The van der Waals surface area contributed by atoms with Crippen molar-refractivity contribution >= 4 is 21.9 Å². The van der Waals surface area contributed by atoms with E-state index in [1.54, 1.807) is 30.3 Å². The van der Waals surface area contributed by atoms with Crippen LogP contribution in [-0.4, -0.2) is 28.9 Å². The fourth-order valence-electron chi connectivity index (χ4n) is 4.48. The quantitative estimate of drug-likeness (QED) is 0.379. The van der Waals surface area contributed by atoms with E-state index >= 15 is 0 Å². The van der Waals surface area contributed by atoms with Gasteiger partial charge in [-0.2, -0.15) is 10.4 Å². The Labute approximate surface area is 204 Å². The summed E-state index contributed by atoms with van der Waals surface area (Å²) in [6.07, 6.45) is 7.10. The summed E-state index contributed by atoms with van der Waals surface area (Å²) in [6, 6.07) is 15.5. The van der Waals surface area contributed by atoms with Crippen molar-refractivity contribution in [1.29, 1.82) is 5.26 Å². The number of nitrogens with zero attached hydrogens (tertiary/aromatic N) is 7. The van der Waals surface area contributed by atoms with Crippen molar-refractivity contribution in [2.75, 3.05) is 0 Å². The molecule has 0 aliphatic rings. The predicted octanol–water partition coefficient (Wildman–Crippen LogP) is 4.35. The summed E-state index contributed by atoms with van der Waals surface area (Å²) >= 11 is 0. The van der Waals surface area contributed by atoms with E-state index in [1.165, 1.54) is 21.3 Å². The number of benzene rings is 2. The summed E-state index contributed by atoms with van der Waals surface area (Å²) in [5.74, 6) is -0.542. The second-order valence-corrected chi connectivity index (χ2v) is 8.51. The summed E-state index contributed by atoms with van der Waals surface area (Å²) in [4.78, 5) is 22.4. The van der Waals surface area contributed by atoms with Crippen LogP contribution < -0.4 is 5.69 Å². The summed E-state index contributed by atoms with van der Waals surface area (Å²) in [5.41, 5.74) is 5.44. The standard InChI is InChI=1S/C27H18FN7O/c1-33-15-19(13-32-33)22-6-4-17(12-30-22)16-3-7-23-21(10-16)26-25(14-31-23)34(2)27(36)35(26)24-8-5-20(28)9-18(24)11-29/h3-10,12-15H,1-2H3. The van der Waals surface area contributed by atoms with Gasteiger partial charge < -0.3 is 0 Å². The van der Waals surface area contributed by atoms with Crippen molar-refractivity contribution in [1.82, 2.24) is 28.9 Å². The number of fused-ring (bicyclic) bond motifs is 3. The summed E-state index contributed by atoms with van der Waals surface area (Å²) < 4.78 is 18.5. The van der Waals surface area contributed by atoms with Crippen LogP contribution in [0, 0.1) is 17.1 Å². The molecule has 0 fully saturated rings. The Morgan fingerprint density at radius 2 is 1.75 bits per heavy atom. The predicted molar refractivity (Wildman–Crippen MR) is 134 cm³/mol. The molecule has 2 aromatic carbocycles. The Hall–Kier alpha value is -5.10. The monoisotopic (exact) mass is 475 g/mol. The smallest absolute Gasteiger partial charge is 0.293 e. The normalized spacial score (nSPS) is 11.3. The Bertz CT molecular complexity index is 1910. The third-order valence-electron chi connectivity index (χ3n) is 6.30. The van der Waals surface area contributed by atoms with Gasteiger partial charge >= 0.3 is 5.69 Å². The highest BCUT2D eigenvalue weighted by molar-refractivity contribution is 6.04. The average Bonchev–Trinajstić information content (AvgIpc) is 3.45. The van der Waals surface area contributed by atoms with Crippen LogP contribution in [0.4, 0.5) is 4.39 Å². The van der Waals surface area contributed by atoms with Crippen molar-refractivity contribution < 1.29 is 4.39 Å². The number of hydrogen-bond donors (Lipinski definition) is 0. The maximum absolute atomic E-state index is 13.8. The van der Waals surface area contributed by atoms with Crippen molar-refractivity contribution in [3.05, 3.63) is 95.2 Å². The van der Waals surface area contributed by atoms with Gasteiger partial charge in [-0.05, 0) is 42.0 Å². The Kier molecular flexibility index (Phi) is 4.76. The van der Waals surface area contributed by atoms with E-state index in [-0.39, 0.29) is 11.3 Å². The Morgan fingerprint density at radius 3 is 2.47 bits per heavy atom. The number of pyridine rings is 2. The first-order valence-electron chi connectivity index (χ1n) is 11.1. The lowest BCUT2D eigenvalue weighted by Crippen LogP contribution is -2.21. The molecule has 0 spiro atoms. The fourth-order valence-corrected chi connectivity index (χ4v) is 4.48. The van der Waals surface area contributed by atoms with E-state index in [0.29, 0.717) is 22.2 Å². The number of aromatic nitrogens is 6. The molecule has 36 heavy (non-hydrogen) atoms. The minimum atomic E-state index is -0.542. The largest absolute Gasteiger partial charge is 0.333 e. The molecule has 0 saturated carbocycles. The molecule has 0 aliphatic heterocycles. The molecule has 8 nitrogen and oxygen atoms in total. The number of imidazole rings is 1. The number of hydrogen-bond acceptors (Lipinski definition) is 5. The van der Waals surface area contributed by atoms with Gasteiger partial charge in [-0.3, -0.25) is 23.8 Å². The summed E-state index contributed by atoms with van der Waals surface area (Å²) in [5, 5.41) is 14.5. The van der Waals surface area contributed by atoms with Gasteiger partial charge in [0.2, 0.25) is 0 Å². The van der Waals surface area contributed by atoms with Crippen LogP contribution in [0.3, 0.4) is 0 Å². The minimum absolute atomic E-state index is 0.0703. The van der Waals surface area contributed by atoms with E-state index in [1.807, 2.05) is 49.6 Å². The van der Waals surface area contributed by atoms with Gasteiger partial charge in [0.25, 0.3) is 0 Å². The molecule has 0 radical (unpaired) electrons. The number of nitriles is 1. The van der Waals surface area contributed by atoms with E-state index in [9.17, 15) is 14.4 Å². The third kappa shape index (κ3) is 3.27. The van der Waals surface area contributed by atoms with Gasteiger partial charge in [0, 0.05) is 43.0 Å². The lowest BCUT2D eigenvalue weighted by Gasteiger charge is -2.09. The van der Waals surface area contributed by atoms with Gasteiger partial charge in [-0.15, -0.1) is 0 Å². The second-order valence-electron chi connectivity index (χ2n) is 8.51. The van der Waals surface area contributed by atoms with E-state index < -0.39 is 5.82 Å². The summed E-state index contributed by atoms with van der Waals surface area (Å²) in [6.45, 7) is 0. The van der Waals surface area contributed by atoms with Gasteiger partial charge in [0.15, 0.2) is 0 Å².